The number of benzene rings is 2. The van der Waals surface area contributed by atoms with Crippen LogP contribution in [0.3, 0.4) is 0 Å². The molecular formula is C33H31F5N4. The van der Waals surface area contributed by atoms with Crippen molar-refractivity contribution >= 4 is 5.57 Å². The van der Waals surface area contributed by atoms with Crippen LogP contribution < -0.4 is 0 Å². The number of aromatic nitrogens is 3. The summed E-state index contributed by atoms with van der Waals surface area (Å²) in [6.07, 6.45) is -0.353. The van der Waals surface area contributed by atoms with Gasteiger partial charge in [-0.3, -0.25) is 4.90 Å². The Hall–Kier alpha value is -3.72. The van der Waals surface area contributed by atoms with E-state index in [0.717, 1.165) is 57.4 Å². The first-order valence-corrected chi connectivity index (χ1v) is 14.2. The summed E-state index contributed by atoms with van der Waals surface area (Å²) in [5.74, 6) is -0.887. The Morgan fingerprint density at radius 1 is 1.02 bits per heavy atom. The third kappa shape index (κ3) is 3.46. The second kappa shape index (κ2) is 8.43. The number of hydrogen-bond acceptors (Lipinski definition) is 2. The lowest BCUT2D eigenvalue weighted by atomic mass is 9.62. The van der Waals surface area contributed by atoms with Gasteiger partial charge in [0.1, 0.15) is 5.82 Å². The van der Waals surface area contributed by atoms with E-state index in [1.165, 1.54) is 6.07 Å². The van der Waals surface area contributed by atoms with E-state index >= 15 is 4.39 Å². The number of halogens is 5. The van der Waals surface area contributed by atoms with E-state index in [9.17, 15) is 17.6 Å². The van der Waals surface area contributed by atoms with Gasteiger partial charge < -0.3 is 4.98 Å². The van der Waals surface area contributed by atoms with E-state index in [-0.39, 0.29) is 12.1 Å². The van der Waals surface area contributed by atoms with E-state index in [4.69, 9.17) is 5.10 Å². The van der Waals surface area contributed by atoms with Gasteiger partial charge in [-0.2, -0.15) is 18.3 Å². The molecular weight excluding hydrogens is 547 g/mol. The Bertz CT molecular complexity index is 1810. The molecule has 4 heterocycles. The van der Waals surface area contributed by atoms with Gasteiger partial charge in [0.2, 0.25) is 0 Å². The molecule has 42 heavy (non-hydrogen) atoms. The van der Waals surface area contributed by atoms with Crippen LogP contribution in [0, 0.1) is 5.82 Å². The number of hydrogen-bond donors (Lipinski definition) is 1. The molecule has 3 aliphatic rings. The van der Waals surface area contributed by atoms with E-state index in [1.54, 1.807) is 19.2 Å². The van der Waals surface area contributed by atoms with E-state index in [0.29, 0.717) is 18.3 Å². The number of nitrogens with one attached hydrogen (secondary N) is 1. The largest absolute Gasteiger partial charge is 0.416 e. The summed E-state index contributed by atoms with van der Waals surface area (Å²) < 4.78 is 72.7. The van der Waals surface area contributed by atoms with Crippen molar-refractivity contribution in [2.75, 3.05) is 0 Å². The van der Waals surface area contributed by atoms with Gasteiger partial charge in [-0.05, 0) is 75.1 Å². The number of allylic oxidation sites excluding steroid dienone is 2. The molecule has 0 saturated heterocycles. The van der Waals surface area contributed by atoms with Crippen LogP contribution in [-0.2, 0) is 42.3 Å². The molecule has 0 bridgehead atoms. The number of H-pyrrole nitrogens is 1. The predicted octanol–water partition coefficient (Wildman–Crippen LogP) is 8.07. The van der Waals surface area contributed by atoms with Gasteiger partial charge in [-0.1, -0.05) is 31.2 Å². The maximum Gasteiger partial charge on any atom is 0.416 e. The van der Waals surface area contributed by atoms with E-state index < -0.39 is 34.2 Å². The van der Waals surface area contributed by atoms with Crippen molar-refractivity contribution in [3.63, 3.8) is 0 Å². The molecule has 0 amide bonds. The maximum absolute atomic E-state index is 16.2. The lowest BCUT2D eigenvalue weighted by Gasteiger charge is -2.44. The van der Waals surface area contributed by atoms with Crippen LogP contribution in [0.4, 0.5) is 22.0 Å². The normalized spacial score (nSPS) is 24.0. The highest BCUT2D eigenvalue weighted by Gasteiger charge is 2.54. The molecule has 2 unspecified atom stereocenters. The molecule has 1 N–H and O–H groups in total. The van der Waals surface area contributed by atoms with Crippen LogP contribution in [0.15, 0.2) is 54.7 Å². The molecule has 2 aromatic carbocycles. The first-order chi connectivity index (χ1) is 19.7. The maximum atomic E-state index is 16.2. The number of para-hydroxylation sites is 1. The second-order valence-electron chi connectivity index (χ2n) is 12.5. The fraction of sp³-hybridized carbons (Fsp3) is 0.364. The molecule has 4 nitrogen and oxygen atoms in total. The number of aryl methyl sites for hydroxylation is 1. The lowest BCUT2D eigenvalue weighted by molar-refractivity contribution is -0.137. The molecule has 1 aliphatic carbocycles. The van der Waals surface area contributed by atoms with Crippen molar-refractivity contribution in [2.24, 2.45) is 0 Å². The van der Waals surface area contributed by atoms with Crippen molar-refractivity contribution in [3.05, 3.63) is 111 Å². The smallest absolute Gasteiger partial charge is 0.362 e. The summed E-state index contributed by atoms with van der Waals surface area (Å²) >= 11 is 0. The zero-order chi connectivity index (χ0) is 30.0. The number of alkyl halides is 4. The van der Waals surface area contributed by atoms with Crippen molar-refractivity contribution in [3.8, 4) is 5.69 Å². The topological polar surface area (TPSA) is 36.9 Å². The number of fused-ring (bicyclic) bond motifs is 10. The number of rotatable bonds is 3. The molecule has 0 fully saturated rings. The van der Waals surface area contributed by atoms with Crippen LogP contribution in [-0.4, -0.2) is 19.7 Å². The Balaban J connectivity index is 1.41. The zero-order valence-electron chi connectivity index (χ0n) is 24.0. The van der Waals surface area contributed by atoms with Crippen molar-refractivity contribution in [2.45, 2.75) is 76.9 Å². The molecule has 7 rings (SSSR count). The standard InChI is InChI=1S/C33H31F5N4/c1-6-18-8-7-9-21-24-15-31(4,35)28-23(12-13-39-28)32(24,5)29-22-17-41(30(2,3)27(22)40-42(29)26(18)21)16-19-10-11-20(14-25(19)34)33(36,37)38/h7-15,39H,6,16-17H2,1-5H3. The average molecular weight is 579 g/mol. The summed E-state index contributed by atoms with van der Waals surface area (Å²) in [5.41, 5.74) is 4.05. The molecule has 2 aromatic heterocycles. The van der Waals surface area contributed by atoms with Crippen LogP contribution in [0.2, 0.25) is 0 Å². The van der Waals surface area contributed by atoms with Crippen LogP contribution in [0.25, 0.3) is 11.3 Å². The quantitative estimate of drug-likeness (QED) is 0.250. The molecule has 0 saturated carbocycles. The van der Waals surface area contributed by atoms with Gasteiger partial charge in [0.05, 0.1) is 39.3 Å². The minimum Gasteiger partial charge on any atom is -0.362 e. The van der Waals surface area contributed by atoms with Crippen LogP contribution in [0.1, 0.15) is 85.1 Å². The summed E-state index contributed by atoms with van der Waals surface area (Å²) in [6.45, 7) is 10.3. The Morgan fingerprint density at radius 3 is 2.48 bits per heavy atom. The van der Waals surface area contributed by atoms with Crippen molar-refractivity contribution in [1.29, 1.82) is 0 Å². The molecule has 0 radical (unpaired) electrons. The van der Waals surface area contributed by atoms with Crippen molar-refractivity contribution < 1.29 is 22.0 Å². The highest BCUT2D eigenvalue weighted by atomic mass is 19.4. The SMILES string of the molecule is CCc1cccc2c1-n1nc3c(c1C1(C)C2=CC(C)(F)c2[nH]ccc21)CN(Cc1ccc(C(F)(F)F)cc1F)C3(C)C. The zero-order valence-corrected chi connectivity index (χ0v) is 24.0. The van der Waals surface area contributed by atoms with Crippen LogP contribution in [0.5, 0.6) is 0 Å². The summed E-state index contributed by atoms with van der Waals surface area (Å²) in [7, 11) is 0. The fourth-order valence-electron chi connectivity index (χ4n) is 7.39. The Labute approximate surface area is 240 Å². The number of aromatic amines is 1. The van der Waals surface area contributed by atoms with E-state index in [1.807, 2.05) is 41.6 Å². The van der Waals surface area contributed by atoms with Crippen LogP contribution >= 0.6 is 0 Å². The minimum absolute atomic E-state index is 0.112. The minimum atomic E-state index is -4.62. The van der Waals surface area contributed by atoms with Gasteiger partial charge in [0, 0.05) is 36.0 Å². The Kier molecular flexibility index (Phi) is 5.45. The first kappa shape index (κ1) is 27.1. The van der Waals surface area contributed by atoms with E-state index in [2.05, 4.69) is 24.9 Å². The number of nitrogens with zero attached hydrogens (tertiary/aromatic N) is 3. The van der Waals surface area contributed by atoms with Gasteiger partial charge >= 0.3 is 6.18 Å². The molecule has 4 aromatic rings. The summed E-state index contributed by atoms with van der Waals surface area (Å²) in [6, 6.07) is 10.8. The highest BCUT2D eigenvalue weighted by molar-refractivity contribution is 5.89. The van der Waals surface area contributed by atoms with Crippen molar-refractivity contribution in [1.82, 2.24) is 19.7 Å². The summed E-state index contributed by atoms with van der Waals surface area (Å²) in [4.78, 5) is 5.19. The second-order valence-corrected chi connectivity index (χ2v) is 12.5. The predicted molar refractivity (Wildman–Crippen MR) is 150 cm³/mol. The van der Waals surface area contributed by atoms with Gasteiger partial charge in [0.25, 0.3) is 0 Å². The van der Waals surface area contributed by atoms with Gasteiger partial charge in [-0.15, -0.1) is 0 Å². The fourth-order valence-corrected chi connectivity index (χ4v) is 7.39. The Morgan fingerprint density at radius 2 is 1.79 bits per heavy atom. The molecule has 9 heteroatoms. The summed E-state index contributed by atoms with van der Waals surface area (Å²) in [5, 5.41) is 5.23. The van der Waals surface area contributed by atoms with Gasteiger partial charge in [-0.25, -0.2) is 13.5 Å². The first-order valence-electron chi connectivity index (χ1n) is 14.2. The molecule has 0 spiro atoms. The lowest BCUT2D eigenvalue weighted by Crippen LogP contribution is -2.41. The third-order valence-electron chi connectivity index (χ3n) is 9.65. The molecule has 218 valence electrons. The van der Waals surface area contributed by atoms with Gasteiger partial charge in [0.15, 0.2) is 5.67 Å². The monoisotopic (exact) mass is 578 g/mol. The molecule has 2 atom stereocenters. The average Bonchev–Trinajstić information content (AvgIpc) is 3.62. The third-order valence-corrected chi connectivity index (χ3v) is 9.65. The highest BCUT2D eigenvalue weighted by Crippen LogP contribution is 2.59. The molecule has 2 aliphatic heterocycles.